The predicted octanol–water partition coefficient (Wildman–Crippen LogP) is 2.33. The molecule has 4 fully saturated rings. The van der Waals surface area contributed by atoms with Crippen LogP contribution in [0.25, 0.3) is 0 Å². The lowest BCUT2D eigenvalue weighted by Gasteiger charge is -2.41. The maximum atomic E-state index is 10.5. The zero-order valence-electron chi connectivity index (χ0n) is 12.7. The molecule has 116 valence electrons. The van der Waals surface area contributed by atoms with Gasteiger partial charge in [-0.1, -0.05) is 19.8 Å². The number of aliphatic hydroxyl groups is 3. The van der Waals surface area contributed by atoms with Gasteiger partial charge in [-0.2, -0.15) is 0 Å². The lowest BCUT2D eigenvalue weighted by molar-refractivity contribution is -0.0117. The minimum Gasteiger partial charge on any atom is -0.396 e. The van der Waals surface area contributed by atoms with E-state index in [1.54, 1.807) is 0 Å². The fourth-order valence-electron chi connectivity index (χ4n) is 5.33. The smallest absolute Gasteiger partial charge is 0.0571 e. The van der Waals surface area contributed by atoms with Crippen LogP contribution in [0.3, 0.4) is 0 Å². The number of fused-ring (bicyclic) bond motifs is 6. The monoisotopic (exact) mass is 282 g/mol. The van der Waals surface area contributed by atoms with Gasteiger partial charge in [0.1, 0.15) is 0 Å². The summed E-state index contributed by atoms with van der Waals surface area (Å²) >= 11 is 0. The molecule has 4 aliphatic rings. The zero-order valence-corrected chi connectivity index (χ0v) is 12.7. The van der Waals surface area contributed by atoms with E-state index in [1.165, 1.54) is 6.42 Å². The van der Waals surface area contributed by atoms with E-state index in [2.05, 4.69) is 6.92 Å². The normalized spacial score (nSPS) is 51.6. The summed E-state index contributed by atoms with van der Waals surface area (Å²) in [7, 11) is 0. The summed E-state index contributed by atoms with van der Waals surface area (Å²) in [4.78, 5) is 0. The fourth-order valence-corrected chi connectivity index (χ4v) is 5.33. The lowest BCUT2D eigenvalue weighted by Crippen LogP contribution is -2.38. The van der Waals surface area contributed by atoms with Crippen LogP contribution in [0, 0.1) is 29.1 Å². The van der Waals surface area contributed by atoms with Crippen LogP contribution in [-0.2, 0) is 0 Å². The van der Waals surface area contributed by atoms with Crippen molar-refractivity contribution in [1.29, 1.82) is 0 Å². The third kappa shape index (κ3) is 2.42. The van der Waals surface area contributed by atoms with Crippen LogP contribution in [0.5, 0.6) is 0 Å². The summed E-state index contributed by atoms with van der Waals surface area (Å²) in [5, 5.41) is 30.3. The molecule has 2 bridgehead atoms. The molecule has 0 saturated heterocycles. The van der Waals surface area contributed by atoms with E-state index < -0.39 is 0 Å². The van der Waals surface area contributed by atoms with Crippen molar-refractivity contribution in [2.75, 3.05) is 6.61 Å². The van der Waals surface area contributed by atoms with E-state index in [0.717, 1.165) is 44.9 Å². The third-order valence-corrected chi connectivity index (χ3v) is 6.58. The van der Waals surface area contributed by atoms with E-state index >= 15 is 0 Å². The van der Waals surface area contributed by atoms with Gasteiger partial charge in [0.25, 0.3) is 0 Å². The number of rotatable bonds is 3. The lowest BCUT2D eigenvalue weighted by atomic mass is 9.65. The van der Waals surface area contributed by atoms with Crippen LogP contribution >= 0.6 is 0 Å². The van der Waals surface area contributed by atoms with Crippen LogP contribution in [-0.4, -0.2) is 34.1 Å². The highest BCUT2D eigenvalue weighted by Gasteiger charge is 2.69. The van der Waals surface area contributed by atoms with Crippen LogP contribution in [0.15, 0.2) is 0 Å². The summed E-state index contributed by atoms with van der Waals surface area (Å²) in [6, 6.07) is 0. The molecular formula is C17H30O3. The van der Waals surface area contributed by atoms with Crippen molar-refractivity contribution >= 4 is 0 Å². The van der Waals surface area contributed by atoms with Gasteiger partial charge in [0.15, 0.2) is 0 Å². The molecule has 3 nitrogen and oxygen atoms in total. The first kappa shape index (κ1) is 14.8. The van der Waals surface area contributed by atoms with Crippen LogP contribution in [0.4, 0.5) is 0 Å². The van der Waals surface area contributed by atoms with Gasteiger partial charge in [-0.25, -0.2) is 0 Å². The molecule has 3 N–H and O–H groups in total. The summed E-state index contributed by atoms with van der Waals surface area (Å²) in [6.07, 6.45) is 7.82. The fraction of sp³-hybridized carbons (Fsp3) is 1.00. The molecule has 0 amide bonds. The maximum Gasteiger partial charge on any atom is 0.0571 e. The van der Waals surface area contributed by atoms with E-state index in [9.17, 15) is 15.3 Å². The Morgan fingerprint density at radius 1 is 1.10 bits per heavy atom. The van der Waals surface area contributed by atoms with E-state index in [0.29, 0.717) is 23.7 Å². The van der Waals surface area contributed by atoms with Crippen molar-refractivity contribution in [2.45, 2.75) is 70.5 Å². The van der Waals surface area contributed by atoms with Crippen molar-refractivity contribution in [3.63, 3.8) is 0 Å². The summed E-state index contributed by atoms with van der Waals surface area (Å²) in [6.45, 7) is 2.46. The Hall–Kier alpha value is -0.120. The Morgan fingerprint density at radius 2 is 1.85 bits per heavy atom. The SMILES string of the molecule is CCCC1CCC(O)CC2C(CO)C23CC(C3)C(O)C1. The second-order valence-corrected chi connectivity index (χ2v) is 7.72. The Labute approximate surface area is 122 Å². The van der Waals surface area contributed by atoms with Gasteiger partial charge in [0.2, 0.25) is 0 Å². The van der Waals surface area contributed by atoms with Gasteiger partial charge < -0.3 is 15.3 Å². The topological polar surface area (TPSA) is 60.7 Å². The van der Waals surface area contributed by atoms with Crippen molar-refractivity contribution in [3.8, 4) is 0 Å². The second-order valence-electron chi connectivity index (χ2n) is 7.72. The average Bonchev–Trinajstić information content (AvgIpc) is 3.01. The third-order valence-electron chi connectivity index (χ3n) is 6.58. The molecule has 0 heterocycles. The number of hydrogen-bond acceptors (Lipinski definition) is 3. The van der Waals surface area contributed by atoms with Crippen molar-refractivity contribution in [3.05, 3.63) is 0 Å². The van der Waals surface area contributed by atoms with Crippen molar-refractivity contribution < 1.29 is 15.3 Å². The van der Waals surface area contributed by atoms with Crippen LogP contribution in [0.1, 0.15) is 58.3 Å². The second kappa shape index (κ2) is 5.58. The largest absolute Gasteiger partial charge is 0.396 e. The molecule has 0 aliphatic heterocycles. The summed E-state index contributed by atoms with van der Waals surface area (Å²) < 4.78 is 0. The summed E-state index contributed by atoms with van der Waals surface area (Å²) in [5.74, 6) is 1.92. The van der Waals surface area contributed by atoms with E-state index in [1.807, 2.05) is 0 Å². The van der Waals surface area contributed by atoms with Crippen molar-refractivity contribution in [2.24, 2.45) is 29.1 Å². The van der Waals surface area contributed by atoms with Gasteiger partial charge in [0.05, 0.1) is 12.2 Å². The number of aliphatic hydroxyl groups excluding tert-OH is 3. The Kier molecular flexibility index (Phi) is 4.13. The first-order valence-corrected chi connectivity index (χ1v) is 8.57. The van der Waals surface area contributed by atoms with E-state index in [-0.39, 0.29) is 24.2 Å². The molecule has 4 rings (SSSR count). The van der Waals surface area contributed by atoms with Gasteiger partial charge in [-0.15, -0.1) is 0 Å². The molecule has 0 radical (unpaired) electrons. The minimum atomic E-state index is -0.206. The molecule has 0 aromatic carbocycles. The minimum absolute atomic E-state index is 0.159. The highest BCUT2D eigenvalue weighted by molar-refractivity contribution is 5.17. The molecule has 4 aliphatic carbocycles. The van der Waals surface area contributed by atoms with Gasteiger partial charge in [-0.05, 0) is 67.6 Å². The standard InChI is InChI=1S/C17H30O3/c1-2-3-11-4-5-13(19)7-14-15(10-18)17(14)8-12(9-17)16(20)6-11/h11-16,18-20H,2-10H2,1H3. The number of hydrogen-bond donors (Lipinski definition) is 3. The molecule has 1 spiro atoms. The molecule has 0 aromatic heterocycles. The molecule has 5 unspecified atom stereocenters. The Morgan fingerprint density at radius 3 is 2.50 bits per heavy atom. The maximum absolute atomic E-state index is 10.5. The summed E-state index contributed by atoms with van der Waals surface area (Å²) in [5.41, 5.74) is 0.284. The average molecular weight is 282 g/mol. The van der Waals surface area contributed by atoms with Gasteiger partial charge >= 0.3 is 0 Å². The molecule has 3 heteroatoms. The molecule has 0 aromatic rings. The van der Waals surface area contributed by atoms with Gasteiger partial charge in [-0.3, -0.25) is 0 Å². The predicted molar refractivity (Wildman–Crippen MR) is 78.1 cm³/mol. The van der Waals surface area contributed by atoms with E-state index in [4.69, 9.17) is 0 Å². The van der Waals surface area contributed by atoms with Crippen molar-refractivity contribution in [1.82, 2.24) is 0 Å². The quantitative estimate of drug-likeness (QED) is 0.744. The van der Waals surface area contributed by atoms with Crippen LogP contribution in [0.2, 0.25) is 0 Å². The molecular weight excluding hydrogens is 252 g/mol. The highest BCUT2D eigenvalue weighted by Crippen LogP contribution is 2.73. The Balaban J connectivity index is 1.68. The Bertz CT molecular complexity index is 334. The zero-order chi connectivity index (χ0) is 14.3. The van der Waals surface area contributed by atoms with Crippen LogP contribution < -0.4 is 0 Å². The first-order valence-electron chi connectivity index (χ1n) is 8.57. The highest BCUT2D eigenvalue weighted by atomic mass is 16.3. The molecule has 20 heavy (non-hydrogen) atoms. The molecule has 4 saturated carbocycles. The first-order chi connectivity index (χ1) is 9.60. The van der Waals surface area contributed by atoms with Gasteiger partial charge in [0, 0.05) is 6.61 Å². The molecule has 5 atom stereocenters.